The molecule has 0 bridgehead atoms. The SMILES string of the molecule is CC(C)Oc1ccc(-c2ccc(-c3cc(-c4ccc5nccnc5c4)n(-c4cccc(C(=O)O)c4)n3)cc2)cc1F. The molecular formula is C33H25FN4O3. The largest absolute Gasteiger partial charge is 0.488 e. The smallest absolute Gasteiger partial charge is 0.335 e. The number of ether oxygens (including phenoxy) is 1. The molecule has 0 spiro atoms. The molecule has 6 aromatic rings. The molecule has 0 amide bonds. The minimum atomic E-state index is -1.02. The molecule has 0 aliphatic carbocycles. The number of carboxylic acids is 1. The van der Waals surface area contributed by atoms with Gasteiger partial charge in [0.05, 0.1) is 39.8 Å². The maximum absolute atomic E-state index is 14.6. The lowest BCUT2D eigenvalue weighted by atomic mass is 10.0. The number of fused-ring (bicyclic) bond motifs is 1. The van der Waals surface area contributed by atoms with E-state index in [0.717, 1.165) is 39.0 Å². The van der Waals surface area contributed by atoms with E-state index >= 15 is 0 Å². The van der Waals surface area contributed by atoms with Gasteiger partial charge in [-0.1, -0.05) is 42.5 Å². The summed E-state index contributed by atoms with van der Waals surface area (Å²) in [6, 6.07) is 27.0. The van der Waals surface area contributed by atoms with E-state index in [2.05, 4.69) is 9.97 Å². The van der Waals surface area contributed by atoms with E-state index in [1.807, 2.05) is 74.5 Å². The van der Waals surface area contributed by atoms with Crippen LogP contribution in [-0.4, -0.2) is 36.9 Å². The lowest BCUT2D eigenvalue weighted by Crippen LogP contribution is -2.06. The summed E-state index contributed by atoms with van der Waals surface area (Å²) in [5, 5.41) is 14.4. The number of benzene rings is 4. The third-order valence-corrected chi connectivity index (χ3v) is 6.62. The van der Waals surface area contributed by atoms with Crippen molar-refractivity contribution < 1.29 is 19.0 Å². The first-order valence-electron chi connectivity index (χ1n) is 13.1. The van der Waals surface area contributed by atoms with Crippen molar-refractivity contribution in [2.24, 2.45) is 0 Å². The first-order valence-corrected chi connectivity index (χ1v) is 13.1. The zero-order valence-corrected chi connectivity index (χ0v) is 22.3. The lowest BCUT2D eigenvalue weighted by molar-refractivity contribution is 0.0697. The second-order valence-electron chi connectivity index (χ2n) is 9.83. The fourth-order valence-electron chi connectivity index (χ4n) is 4.68. The van der Waals surface area contributed by atoms with Crippen molar-refractivity contribution >= 4 is 17.0 Å². The van der Waals surface area contributed by atoms with Crippen LogP contribution in [0.1, 0.15) is 24.2 Å². The molecule has 0 saturated heterocycles. The minimum absolute atomic E-state index is 0.117. The molecule has 202 valence electrons. The van der Waals surface area contributed by atoms with Gasteiger partial charge in [0.2, 0.25) is 0 Å². The number of aromatic nitrogens is 4. The van der Waals surface area contributed by atoms with Crippen molar-refractivity contribution in [2.75, 3.05) is 0 Å². The lowest BCUT2D eigenvalue weighted by Gasteiger charge is -2.11. The van der Waals surface area contributed by atoms with Gasteiger partial charge in [-0.2, -0.15) is 5.10 Å². The van der Waals surface area contributed by atoms with Gasteiger partial charge in [0.25, 0.3) is 0 Å². The average Bonchev–Trinajstić information content (AvgIpc) is 3.44. The van der Waals surface area contributed by atoms with E-state index in [0.29, 0.717) is 11.4 Å². The summed E-state index contributed by atoms with van der Waals surface area (Å²) in [7, 11) is 0. The second-order valence-corrected chi connectivity index (χ2v) is 9.83. The third kappa shape index (κ3) is 5.27. The van der Waals surface area contributed by atoms with Crippen LogP contribution in [-0.2, 0) is 0 Å². The molecule has 0 aliphatic rings. The van der Waals surface area contributed by atoms with Crippen LogP contribution in [0.5, 0.6) is 5.75 Å². The van der Waals surface area contributed by atoms with Gasteiger partial charge >= 0.3 is 5.97 Å². The van der Waals surface area contributed by atoms with Crippen LogP contribution in [0.3, 0.4) is 0 Å². The molecule has 41 heavy (non-hydrogen) atoms. The molecule has 0 aliphatic heterocycles. The van der Waals surface area contributed by atoms with E-state index < -0.39 is 11.8 Å². The number of nitrogens with zero attached hydrogens (tertiary/aromatic N) is 4. The first-order chi connectivity index (χ1) is 19.9. The first kappa shape index (κ1) is 25.9. The average molecular weight is 545 g/mol. The quantitative estimate of drug-likeness (QED) is 0.225. The molecular weight excluding hydrogens is 519 g/mol. The summed E-state index contributed by atoms with van der Waals surface area (Å²) in [5.74, 6) is -1.20. The monoisotopic (exact) mass is 544 g/mol. The van der Waals surface area contributed by atoms with Gasteiger partial charge in [0.15, 0.2) is 11.6 Å². The maximum Gasteiger partial charge on any atom is 0.335 e. The Morgan fingerprint density at radius 1 is 0.805 bits per heavy atom. The zero-order chi connectivity index (χ0) is 28.5. The summed E-state index contributed by atoms with van der Waals surface area (Å²) in [5.41, 5.74) is 7.03. The predicted octanol–water partition coefficient (Wildman–Crippen LogP) is 7.44. The fourth-order valence-corrected chi connectivity index (χ4v) is 4.68. The minimum Gasteiger partial charge on any atom is -0.488 e. The molecule has 0 fully saturated rings. The highest BCUT2D eigenvalue weighted by Gasteiger charge is 2.16. The Kier molecular flexibility index (Phi) is 6.73. The molecule has 0 unspecified atom stereocenters. The summed E-state index contributed by atoms with van der Waals surface area (Å²) in [6.07, 6.45) is 3.17. The molecule has 0 atom stereocenters. The highest BCUT2D eigenvalue weighted by molar-refractivity contribution is 5.88. The van der Waals surface area contributed by atoms with Gasteiger partial charge in [-0.3, -0.25) is 9.97 Å². The zero-order valence-electron chi connectivity index (χ0n) is 22.3. The fraction of sp³-hybridized carbons (Fsp3) is 0.0909. The van der Waals surface area contributed by atoms with Gasteiger partial charge in [0, 0.05) is 23.5 Å². The summed E-state index contributed by atoms with van der Waals surface area (Å²) in [4.78, 5) is 20.5. The van der Waals surface area contributed by atoms with Crippen molar-refractivity contribution in [1.29, 1.82) is 0 Å². The Morgan fingerprint density at radius 3 is 2.24 bits per heavy atom. The van der Waals surface area contributed by atoms with Gasteiger partial charge in [-0.15, -0.1) is 0 Å². The van der Waals surface area contributed by atoms with Crippen LogP contribution < -0.4 is 4.74 Å². The normalized spacial score (nSPS) is 11.2. The summed E-state index contributed by atoms with van der Waals surface area (Å²) >= 11 is 0. The van der Waals surface area contributed by atoms with Crippen LogP contribution >= 0.6 is 0 Å². The number of rotatable bonds is 7. The number of carboxylic acid groups (broad SMARTS) is 1. The van der Waals surface area contributed by atoms with Crippen molar-refractivity contribution in [3.63, 3.8) is 0 Å². The molecule has 2 heterocycles. The molecule has 6 rings (SSSR count). The number of aromatic carboxylic acids is 1. The van der Waals surface area contributed by atoms with Crippen molar-refractivity contribution in [3.8, 4) is 45.1 Å². The Labute approximate surface area is 235 Å². The Bertz CT molecular complexity index is 1900. The van der Waals surface area contributed by atoms with Crippen LogP contribution in [0.2, 0.25) is 0 Å². The Balaban J connectivity index is 1.41. The Morgan fingerprint density at radius 2 is 1.51 bits per heavy atom. The van der Waals surface area contributed by atoms with E-state index in [-0.39, 0.29) is 17.4 Å². The standard InChI is InChI=1S/C33H25FN4O3/c1-20(2)41-32-13-11-23(17-27(32)34)21-6-8-22(9-7-21)29-19-31(24-10-12-28-30(18-24)36-15-14-35-28)38(37-29)26-5-3-4-25(16-26)33(39)40/h3-20H,1-2H3,(H,39,40). The number of hydrogen-bond acceptors (Lipinski definition) is 5. The van der Waals surface area contributed by atoms with Gasteiger partial charge in [-0.05, 0) is 73.5 Å². The van der Waals surface area contributed by atoms with Gasteiger partial charge in [-0.25, -0.2) is 13.9 Å². The van der Waals surface area contributed by atoms with Crippen LogP contribution in [0.25, 0.3) is 50.4 Å². The van der Waals surface area contributed by atoms with E-state index in [9.17, 15) is 14.3 Å². The van der Waals surface area contributed by atoms with Crippen LogP contribution in [0.4, 0.5) is 4.39 Å². The van der Waals surface area contributed by atoms with E-state index in [1.54, 1.807) is 41.3 Å². The van der Waals surface area contributed by atoms with Crippen molar-refractivity contribution in [1.82, 2.24) is 19.7 Å². The predicted molar refractivity (Wildman–Crippen MR) is 156 cm³/mol. The van der Waals surface area contributed by atoms with Gasteiger partial charge in [0.1, 0.15) is 0 Å². The molecule has 7 nitrogen and oxygen atoms in total. The topological polar surface area (TPSA) is 90.1 Å². The Hall–Kier alpha value is -5.37. The molecule has 8 heteroatoms. The van der Waals surface area contributed by atoms with Crippen LogP contribution in [0.15, 0.2) is 103 Å². The van der Waals surface area contributed by atoms with Crippen molar-refractivity contribution in [3.05, 3.63) is 115 Å². The molecule has 2 aromatic heterocycles. The van der Waals surface area contributed by atoms with E-state index in [1.165, 1.54) is 6.07 Å². The van der Waals surface area contributed by atoms with Crippen molar-refractivity contribution in [2.45, 2.75) is 20.0 Å². The van der Waals surface area contributed by atoms with E-state index in [4.69, 9.17) is 9.84 Å². The summed E-state index contributed by atoms with van der Waals surface area (Å²) < 4.78 is 21.9. The molecule has 1 N–H and O–H groups in total. The maximum atomic E-state index is 14.6. The molecule has 0 radical (unpaired) electrons. The summed E-state index contributed by atoms with van der Waals surface area (Å²) in [6.45, 7) is 3.71. The second kappa shape index (κ2) is 10.7. The molecule has 4 aromatic carbocycles. The number of halogens is 1. The van der Waals surface area contributed by atoms with Crippen LogP contribution in [0, 0.1) is 5.82 Å². The molecule has 0 saturated carbocycles. The highest BCUT2D eigenvalue weighted by atomic mass is 19.1. The third-order valence-electron chi connectivity index (χ3n) is 6.62. The number of carbonyl (C=O) groups is 1. The number of hydrogen-bond donors (Lipinski definition) is 1. The van der Waals surface area contributed by atoms with Gasteiger partial charge < -0.3 is 9.84 Å². The highest BCUT2D eigenvalue weighted by Crippen LogP contribution is 2.32.